The summed E-state index contributed by atoms with van der Waals surface area (Å²) in [5, 5.41) is 7.70. The number of aliphatic imine (C=N–C) groups is 1. The van der Waals surface area contributed by atoms with E-state index >= 15 is 0 Å². The third-order valence-corrected chi connectivity index (χ3v) is 5.64. The van der Waals surface area contributed by atoms with Crippen molar-refractivity contribution < 1.29 is 4.74 Å². The molecule has 130 valence electrons. The van der Waals surface area contributed by atoms with Gasteiger partial charge in [0.25, 0.3) is 0 Å². The van der Waals surface area contributed by atoms with E-state index in [2.05, 4.69) is 48.4 Å². The molecule has 2 aromatic rings. The highest BCUT2D eigenvalue weighted by molar-refractivity contribution is 9.11. The number of aromatic nitrogens is 2. The lowest BCUT2D eigenvalue weighted by Crippen LogP contribution is -2.48. The molecule has 0 radical (unpaired) electrons. The lowest BCUT2D eigenvalue weighted by atomic mass is 10.1. The zero-order valence-corrected chi connectivity index (χ0v) is 16.3. The van der Waals surface area contributed by atoms with Gasteiger partial charge in [0.15, 0.2) is 5.96 Å². The van der Waals surface area contributed by atoms with E-state index in [1.165, 1.54) is 8.66 Å². The van der Waals surface area contributed by atoms with Gasteiger partial charge in [-0.05, 0) is 34.5 Å². The van der Waals surface area contributed by atoms with E-state index < -0.39 is 0 Å². The Kier molecular flexibility index (Phi) is 5.91. The van der Waals surface area contributed by atoms with Crippen LogP contribution in [-0.2, 0) is 18.2 Å². The van der Waals surface area contributed by atoms with Crippen LogP contribution in [-0.4, -0.2) is 53.9 Å². The van der Waals surface area contributed by atoms with Crippen LogP contribution in [0.2, 0.25) is 0 Å². The summed E-state index contributed by atoms with van der Waals surface area (Å²) in [4.78, 5) is 8.05. The van der Waals surface area contributed by atoms with Crippen molar-refractivity contribution in [2.24, 2.45) is 12.0 Å². The number of nitrogens with zero attached hydrogens (tertiary/aromatic N) is 4. The first-order valence-electron chi connectivity index (χ1n) is 7.95. The van der Waals surface area contributed by atoms with Crippen LogP contribution in [0.1, 0.15) is 16.5 Å². The first kappa shape index (κ1) is 17.4. The number of nitrogens with one attached hydrogen (secondary N) is 1. The Morgan fingerprint density at radius 2 is 2.42 bits per heavy atom. The summed E-state index contributed by atoms with van der Waals surface area (Å²) in [6.45, 7) is 3.20. The normalized spacial score (nSPS) is 18.9. The fraction of sp³-hybridized carbons (Fsp3) is 0.500. The van der Waals surface area contributed by atoms with Gasteiger partial charge in [-0.25, -0.2) is 0 Å². The Balaban J connectivity index is 1.54. The third-order valence-electron chi connectivity index (χ3n) is 3.96. The third kappa shape index (κ3) is 4.37. The van der Waals surface area contributed by atoms with Crippen LogP contribution >= 0.6 is 27.3 Å². The average Bonchev–Trinajstić information content (AvgIpc) is 3.20. The molecule has 1 aliphatic rings. The zero-order chi connectivity index (χ0) is 16.9. The van der Waals surface area contributed by atoms with Crippen LogP contribution in [0.25, 0.3) is 0 Å². The highest BCUT2D eigenvalue weighted by Gasteiger charge is 2.25. The SMILES string of the molecule is CN=C(NCCc1ccc(Br)s1)N1CCOC(c2cnn(C)c2)C1. The van der Waals surface area contributed by atoms with E-state index in [-0.39, 0.29) is 6.10 Å². The van der Waals surface area contributed by atoms with Gasteiger partial charge in [0.1, 0.15) is 6.10 Å². The molecule has 0 bridgehead atoms. The maximum Gasteiger partial charge on any atom is 0.193 e. The van der Waals surface area contributed by atoms with Gasteiger partial charge in [-0.3, -0.25) is 9.67 Å². The van der Waals surface area contributed by atoms with E-state index in [4.69, 9.17) is 4.74 Å². The second-order valence-electron chi connectivity index (χ2n) is 5.68. The Hall–Kier alpha value is -1.38. The summed E-state index contributed by atoms with van der Waals surface area (Å²) >= 11 is 5.28. The van der Waals surface area contributed by atoms with E-state index in [9.17, 15) is 0 Å². The highest BCUT2D eigenvalue weighted by Crippen LogP contribution is 2.23. The maximum absolute atomic E-state index is 5.90. The zero-order valence-electron chi connectivity index (χ0n) is 13.9. The molecule has 0 amide bonds. The van der Waals surface area contributed by atoms with Gasteiger partial charge in [0.2, 0.25) is 0 Å². The number of guanidine groups is 1. The second-order valence-corrected chi connectivity index (χ2v) is 8.23. The summed E-state index contributed by atoms with van der Waals surface area (Å²) in [6.07, 6.45) is 4.92. The number of rotatable bonds is 4. The summed E-state index contributed by atoms with van der Waals surface area (Å²) in [5.41, 5.74) is 1.11. The number of hydrogen-bond acceptors (Lipinski definition) is 4. The molecule has 3 rings (SSSR count). The van der Waals surface area contributed by atoms with Gasteiger partial charge in [-0.15, -0.1) is 11.3 Å². The predicted molar refractivity (Wildman–Crippen MR) is 101 cm³/mol. The topological polar surface area (TPSA) is 54.7 Å². The van der Waals surface area contributed by atoms with Gasteiger partial charge in [-0.2, -0.15) is 5.10 Å². The van der Waals surface area contributed by atoms with E-state index in [0.29, 0.717) is 6.61 Å². The van der Waals surface area contributed by atoms with Crippen molar-refractivity contribution in [3.63, 3.8) is 0 Å². The molecule has 1 fully saturated rings. The first-order chi connectivity index (χ1) is 11.7. The van der Waals surface area contributed by atoms with E-state index in [0.717, 1.165) is 37.6 Å². The number of ether oxygens (including phenoxy) is 1. The number of morpholine rings is 1. The lowest BCUT2D eigenvalue weighted by molar-refractivity contribution is -0.00800. The molecule has 0 saturated carbocycles. The molecule has 0 aliphatic carbocycles. The molecule has 1 N–H and O–H groups in total. The maximum atomic E-state index is 5.90. The standard InChI is InChI=1S/C16H22BrN5OS/c1-18-16(19-6-5-13-3-4-15(17)24-13)22-7-8-23-14(11-22)12-9-20-21(2)10-12/h3-4,9-10,14H,5-8,11H2,1-2H3,(H,18,19). The van der Waals surface area contributed by atoms with Crippen LogP contribution in [0.5, 0.6) is 0 Å². The molecule has 0 aromatic carbocycles. The smallest absolute Gasteiger partial charge is 0.193 e. The number of hydrogen-bond donors (Lipinski definition) is 1. The first-order valence-corrected chi connectivity index (χ1v) is 9.56. The van der Waals surface area contributed by atoms with Gasteiger partial charge in [0.05, 0.1) is 23.1 Å². The van der Waals surface area contributed by atoms with Crippen molar-refractivity contribution in [2.75, 3.05) is 33.3 Å². The van der Waals surface area contributed by atoms with Crippen molar-refractivity contribution >= 4 is 33.2 Å². The lowest BCUT2D eigenvalue weighted by Gasteiger charge is -2.34. The summed E-state index contributed by atoms with van der Waals surface area (Å²) < 4.78 is 8.88. The van der Waals surface area contributed by atoms with Crippen LogP contribution in [0, 0.1) is 0 Å². The molecule has 1 unspecified atom stereocenters. The fourth-order valence-corrected chi connectivity index (χ4v) is 4.25. The van der Waals surface area contributed by atoms with E-state index in [1.807, 2.05) is 31.2 Å². The predicted octanol–water partition coefficient (Wildman–Crippen LogP) is 2.44. The summed E-state index contributed by atoms with van der Waals surface area (Å²) in [7, 11) is 3.76. The summed E-state index contributed by atoms with van der Waals surface area (Å²) in [6, 6.07) is 4.25. The van der Waals surface area contributed by atoms with Crippen molar-refractivity contribution in [3.05, 3.63) is 38.8 Å². The van der Waals surface area contributed by atoms with E-state index in [1.54, 1.807) is 11.3 Å². The molecule has 1 atom stereocenters. The molecule has 3 heterocycles. The number of halogens is 1. The van der Waals surface area contributed by atoms with Gasteiger partial charge in [-0.1, -0.05) is 0 Å². The Labute approximate surface area is 154 Å². The van der Waals surface area contributed by atoms with Crippen LogP contribution in [0.4, 0.5) is 0 Å². The van der Waals surface area contributed by atoms with Crippen LogP contribution < -0.4 is 5.32 Å². The minimum atomic E-state index is 0.0410. The molecule has 1 aliphatic heterocycles. The minimum absolute atomic E-state index is 0.0410. The Morgan fingerprint density at radius 1 is 1.54 bits per heavy atom. The van der Waals surface area contributed by atoms with Gasteiger partial charge < -0.3 is 15.0 Å². The van der Waals surface area contributed by atoms with Crippen LogP contribution in [0.3, 0.4) is 0 Å². The van der Waals surface area contributed by atoms with Gasteiger partial charge >= 0.3 is 0 Å². The molecule has 6 nitrogen and oxygen atoms in total. The Bertz CT molecular complexity index is 698. The molecule has 1 saturated heterocycles. The van der Waals surface area contributed by atoms with Crippen molar-refractivity contribution in [2.45, 2.75) is 12.5 Å². The van der Waals surface area contributed by atoms with Crippen molar-refractivity contribution in [3.8, 4) is 0 Å². The quantitative estimate of drug-likeness (QED) is 0.619. The van der Waals surface area contributed by atoms with Crippen LogP contribution in [0.15, 0.2) is 33.3 Å². The molecule has 24 heavy (non-hydrogen) atoms. The monoisotopic (exact) mass is 411 g/mol. The molecular formula is C16H22BrN5OS. The average molecular weight is 412 g/mol. The molecular weight excluding hydrogens is 390 g/mol. The largest absolute Gasteiger partial charge is 0.370 e. The molecule has 2 aromatic heterocycles. The molecule has 8 heteroatoms. The highest BCUT2D eigenvalue weighted by atomic mass is 79.9. The van der Waals surface area contributed by atoms with Gasteiger partial charge in [0, 0.05) is 43.8 Å². The second kappa shape index (κ2) is 8.13. The number of aryl methyl sites for hydroxylation is 1. The van der Waals surface area contributed by atoms with Crippen molar-refractivity contribution in [1.82, 2.24) is 20.0 Å². The Morgan fingerprint density at radius 3 is 3.08 bits per heavy atom. The van der Waals surface area contributed by atoms with Crippen molar-refractivity contribution in [1.29, 1.82) is 0 Å². The minimum Gasteiger partial charge on any atom is -0.370 e. The molecule has 0 spiro atoms. The summed E-state index contributed by atoms with van der Waals surface area (Å²) in [5.74, 6) is 0.933. The fourth-order valence-electron chi connectivity index (χ4n) is 2.77. The number of thiophene rings is 1.